The topological polar surface area (TPSA) is 131 Å². The number of hydrogen-bond donors (Lipinski definition) is 3. The van der Waals surface area contributed by atoms with Crippen LogP contribution in [0, 0.1) is 0 Å². The monoisotopic (exact) mass is 489 g/mol. The summed E-state index contributed by atoms with van der Waals surface area (Å²) in [4.78, 5) is 24.0. The van der Waals surface area contributed by atoms with Crippen LogP contribution in [0.25, 0.3) is 22.5 Å². The number of carbonyl (C=O) groups excluding carboxylic acids is 1. The second kappa shape index (κ2) is 8.37. The van der Waals surface area contributed by atoms with Crippen LogP contribution in [0.1, 0.15) is 21.1 Å². The minimum Gasteiger partial charge on any atom is -0.497 e. The minimum atomic E-state index is -3.74. The molecule has 0 unspecified atom stereocenters. The molecule has 3 N–H and O–H groups in total. The molecule has 10 nitrogen and oxygen atoms in total. The van der Waals surface area contributed by atoms with Crippen molar-refractivity contribution in [2.24, 2.45) is 7.05 Å². The number of aromatic nitrogens is 2. The number of aromatic carboxylic acids is 1. The number of benzene rings is 1. The van der Waals surface area contributed by atoms with Crippen LogP contribution in [0.5, 0.6) is 5.75 Å². The van der Waals surface area contributed by atoms with E-state index < -0.39 is 21.9 Å². The molecule has 33 heavy (non-hydrogen) atoms. The van der Waals surface area contributed by atoms with Gasteiger partial charge in [-0.25, -0.2) is 27.1 Å². The fourth-order valence-electron chi connectivity index (χ4n) is 3.58. The van der Waals surface area contributed by atoms with E-state index in [1.54, 1.807) is 18.7 Å². The Balaban J connectivity index is 1.78. The van der Waals surface area contributed by atoms with Crippen molar-refractivity contribution in [3.8, 4) is 5.75 Å². The maximum atomic E-state index is 12.4. The second-order valence-electron chi connectivity index (χ2n) is 7.42. The molecule has 0 radical (unpaired) electrons. The number of carboxylic acid groups (broad SMARTS) is 1. The Labute approximate surface area is 193 Å². The largest absolute Gasteiger partial charge is 0.497 e. The molecule has 0 fully saturated rings. The van der Waals surface area contributed by atoms with Gasteiger partial charge in [0.05, 0.1) is 20.4 Å². The number of hydrogen-bond acceptors (Lipinski definition) is 7. The first-order valence-corrected chi connectivity index (χ1v) is 12.4. The predicted molar refractivity (Wildman–Crippen MR) is 125 cm³/mol. The number of allylic oxidation sites excluding steroid dienone is 1. The summed E-state index contributed by atoms with van der Waals surface area (Å²) in [7, 11) is -0.567. The lowest BCUT2D eigenvalue weighted by molar-refractivity contribution is -0.658. The van der Waals surface area contributed by atoms with Crippen LogP contribution in [-0.4, -0.2) is 43.3 Å². The van der Waals surface area contributed by atoms with Gasteiger partial charge in [-0.15, -0.1) is 0 Å². The Morgan fingerprint density at radius 2 is 2.06 bits per heavy atom. The van der Waals surface area contributed by atoms with Crippen molar-refractivity contribution in [2.45, 2.75) is 6.54 Å². The number of fused-ring (bicyclic) bond motifs is 2. The number of methoxy groups -OCH3 is 1. The second-order valence-corrected chi connectivity index (χ2v) is 10.2. The van der Waals surface area contributed by atoms with E-state index in [0.29, 0.717) is 21.1 Å². The van der Waals surface area contributed by atoms with Gasteiger partial charge in [0.15, 0.2) is 11.6 Å². The van der Waals surface area contributed by atoms with Gasteiger partial charge in [-0.05, 0) is 23.8 Å². The van der Waals surface area contributed by atoms with Gasteiger partial charge >= 0.3 is 11.6 Å². The maximum absolute atomic E-state index is 12.4. The van der Waals surface area contributed by atoms with Crippen molar-refractivity contribution in [2.75, 3.05) is 18.7 Å². The number of carbonyl (C=O) groups is 2. The Morgan fingerprint density at radius 1 is 1.30 bits per heavy atom. The molecule has 2 aromatic heterocycles. The third-order valence-corrected chi connectivity index (χ3v) is 6.65. The average molecular weight is 490 g/mol. The number of carboxylic acids is 1. The fourth-order valence-corrected chi connectivity index (χ4v) is 5.24. The highest BCUT2D eigenvalue weighted by Crippen LogP contribution is 2.31. The molecule has 0 saturated carbocycles. The molecule has 3 aromatic rings. The molecule has 1 amide bonds. The Hall–Kier alpha value is -3.64. The number of rotatable bonds is 6. The molecule has 0 bridgehead atoms. The van der Waals surface area contributed by atoms with Crippen LogP contribution < -0.4 is 19.3 Å². The summed E-state index contributed by atoms with van der Waals surface area (Å²) in [5, 5.41) is 13.4. The van der Waals surface area contributed by atoms with Crippen molar-refractivity contribution in [1.29, 1.82) is 0 Å². The van der Waals surface area contributed by atoms with Gasteiger partial charge in [-0.2, -0.15) is 0 Å². The highest BCUT2D eigenvalue weighted by atomic mass is 32.2. The zero-order valence-corrected chi connectivity index (χ0v) is 19.6. The summed E-state index contributed by atoms with van der Waals surface area (Å²) in [6.07, 6.45) is 6.53. The lowest BCUT2D eigenvalue weighted by Crippen LogP contribution is -2.46. The quantitative estimate of drug-likeness (QED) is 0.450. The maximum Gasteiger partial charge on any atom is 0.376 e. The van der Waals surface area contributed by atoms with E-state index in [4.69, 9.17) is 4.74 Å². The summed E-state index contributed by atoms with van der Waals surface area (Å²) in [6.45, 7) is -0.308. The van der Waals surface area contributed by atoms with E-state index in [0.717, 1.165) is 23.2 Å². The van der Waals surface area contributed by atoms with Crippen molar-refractivity contribution in [1.82, 2.24) is 9.29 Å². The minimum absolute atomic E-state index is 0.0597. The normalized spacial score (nSPS) is 14.2. The first kappa shape index (κ1) is 22.6. The lowest BCUT2D eigenvalue weighted by Gasteiger charge is -2.16. The summed E-state index contributed by atoms with van der Waals surface area (Å²) in [5.74, 6) is -1.14. The molecule has 0 spiro atoms. The molecule has 12 heteroatoms. The summed E-state index contributed by atoms with van der Waals surface area (Å²) in [5.41, 5.74) is 3.12. The SMILES string of the molecule is COc1ccc2c(c1)N/C(=C/c1sc3cc(C(=O)O)n(C)c3[n+]1CC(=O)NS(C)(=O)=O)C=C2. The van der Waals surface area contributed by atoms with Crippen LogP contribution in [0.4, 0.5) is 5.69 Å². The van der Waals surface area contributed by atoms with Gasteiger partial charge in [0, 0.05) is 29.6 Å². The Bertz CT molecular complexity index is 1460. The van der Waals surface area contributed by atoms with Gasteiger partial charge in [-0.3, -0.25) is 4.79 Å². The Morgan fingerprint density at radius 3 is 2.73 bits per heavy atom. The van der Waals surface area contributed by atoms with Gasteiger partial charge < -0.3 is 15.2 Å². The highest BCUT2D eigenvalue weighted by Gasteiger charge is 2.28. The van der Waals surface area contributed by atoms with Crippen molar-refractivity contribution in [3.63, 3.8) is 0 Å². The first-order valence-electron chi connectivity index (χ1n) is 9.66. The van der Waals surface area contributed by atoms with E-state index in [1.807, 2.05) is 41.1 Å². The lowest BCUT2D eigenvalue weighted by atomic mass is 10.1. The molecule has 1 aromatic carbocycles. The molecule has 3 heterocycles. The van der Waals surface area contributed by atoms with Crippen LogP contribution in [0.3, 0.4) is 0 Å². The van der Waals surface area contributed by atoms with Crippen LogP contribution in [0.2, 0.25) is 0 Å². The smallest absolute Gasteiger partial charge is 0.376 e. The number of thiazole rings is 1. The molecule has 0 atom stereocenters. The zero-order chi connectivity index (χ0) is 23.9. The molecule has 0 aliphatic carbocycles. The van der Waals surface area contributed by atoms with Crippen LogP contribution >= 0.6 is 11.3 Å². The summed E-state index contributed by atoms with van der Waals surface area (Å²) in [6, 6.07) is 7.18. The fraction of sp³-hybridized carbons (Fsp3) is 0.190. The number of ether oxygens (including phenoxy) is 1. The molecule has 1 aliphatic rings. The molecular weight excluding hydrogens is 468 g/mol. The van der Waals surface area contributed by atoms with Crippen LogP contribution in [-0.2, 0) is 28.4 Å². The van der Waals surface area contributed by atoms with E-state index >= 15 is 0 Å². The van der Waals surface area contributed by atoms with Gasteiger partial charge in [0.2, 0.25) is 15.7 Å². The first-order chi connectivity index (χ1) is 15.6. The third kappa shape index (κ3) is 4.61. The van der Waals surface area contributed by atoms with E-state index in [2.05, 4.69) is 5.32 Å². The number of aryl methyl sites for hydroxylation is 1. The number of nitrogens with zero attached hydrogens (tertiary/aromatic N) is 2. The third-order valence-electron chi connectivity index (χ3n) is 4.98. The summed E-state index contributed by atoms with van der Waals surface area (Å²) >= 11 is 1.29. The van der Waals surface area contributed by atoms with Gasteiger partial charge in [0.1, 0.15) is 10.4 Å². The summed E-state index contributed by atoms with van der Waals surface area (Å²) < 4.78 is 33.9. The van der Waals surface area contributed by atoms with Gasteiger partial charge in [-0.1, -0.05) is 17.4 Å². The standard InChI is InChI=1S/C21H20N4O6S2/c1-24-16(21(27)28)10-17-20(24)25(11-18(26)23-33(3,29)30)19(32-17)8-13-6-4-12-5-7-14(31-2)9-15(12)22-13/h4-10H,11H2,1-3H3,(H2,23,26,27,28)/p+1. The molecule has 0 saturated heterocycles. The number of sulfonamides is 1. The predicted octanol–water partition coefficient (Wildman–Crippen LogP) is 1.79. The molecule has 1 aliphatic heterocycles. The van der Waals surface area contributed by atoms with Crippen molar-refractivity contribution >= 4 is 61.4 Å². The van der Waals surface area contributed by atoms with Crippen molar-refractivity contribution < 1.29 is 32.4 Å². The molecular formula is C21H21N4O6S2+. The Kier molecular flexibility index (Phi) is 5.72. The molecule has 172 valence electrons. The molecule has 4 rings (SSSR count). The number of nitrogens with one attached hydrogen (secondary N) is 2. The van der Waals surface area contributed by atoms with Crippen LogP contribution in [0.15, 0.2) is 36.0 Å². The number of amides is 1. The highest BCUT2D eigenvalue weighted by molar-refractivity contribution is 7.89. The van der Waals surface area contributed by atoms with E-state index in [9.17, 15) is 23.1 Å². The van der Waals surface area contributed by atoms with E-state index in [-0.39, 0.29) is 12.2 Å². The van der Waals surface area contributed by atoms with Gasteiger partial charge in [0.25, 0.3) is 5.91 Å². The van der Waals surface area contributed by atoms with E-state index in [1.165, 1.54) is 22.0 Å². The average Bonchev–Trinajstić information content (AvgIpc) is 3.22. The van der Waals surface area contributed by atoms with Crippen molar-refractivity contribution in [3.05, 3.63) is 52.3 Å². The number of anilines is 1. The zero-order valence-electron chi connectivity index (χ0n) is 17.9.